The lowest BCUT2D eigenvalue weighted by Crippen LogP contribution is -2.18. The second-order valence-electron chi connectivity index (χ2n) is 5.81. The summed E-state index contributed by atoms with van der Waals surface area (Å²) in [6.45, 7) is 2.65. The number of nitrogens with two attached hydrogens (primary N) is 1. The van der Waals surface area contributed by atoms with Crippen molar-refractivity contribution >= 4 is 0 Å². The number of benzene rings is 2. The normalized spacial score (nSPS) is 12.1. The molecule has 0 spiro atoms. The van der Waals surface area contributed by atoms with Crippen molar-refractivity contribution in [2.45, 2.75) is 19.4 Å². The first-order valence-corrected chi connectivity index (χ1v) is 8.23. The van der Waals surface area contributed by atoms with E-state index in [9.17, 15) is 0 Å². The van der Waals surface area contributed by atoms with Gasteiger partial charge in [0.25, 0.3) is 0 Å². The summed E-state index contributed by atoms with van der Waals surface area (Å²) in [7, 11) is 2.01. The highest BCUT2D eigenvalue weighted by molar-refractivity contribution is 5.60. The molecule has 4 nitrogen and oxygen atoms in total. The van der Waals surface area contributed by atoms with Gasteiger partial charge in [-0.05, 0) is 43.2 Å². The van der Waals surface area contributed by atoms with Gasteiger partial charge in [0.2, 0.25) is 0 Å². The van der Waals surface area contributed by atoms with Gasteiger partial charge in [-0.1, -0.05) is 30.3 Å². The Bertz CT molecular complexity index is 778. The highest BCUT2D eigenvalue weighted by Gasteiger charge is 2.15. The molecule has 2 aromatic carbocycles. The smallest absolute Gasteiger partial charge is 0.126 e. The third kappa shape index (κ3) is 3.49. The lowest BCUT2D eigenvalue weighted by atomic mass is 10.1. The summed E-state index contributed by atoms with van der Waals surface area (Å²) in [5.41, 5.74) is 9.75. The maximum absolute atomic E-state index is 6.38. The monoisotopic (exact) mass is 321 g/mol. The molecular formula is C20H23N3O. The van der Waals surface area contributed by atoms with Gasteiger partial charge >= 0.3 is 0 Å². The molecule has 0 fully saturated rings. The van der Waals surface area contributed by atoms with Crippen LogP contribution in [0.25, 0.3) is 11.3 Å². The van der Waals surface area contributed by atoms with Gasteiger partial charge in [0.15, 0.2) is 0 Å². The zero-order chi connectivity index (χ0) is 16.9. The number of hydrogen-bond donors (Lipinski definition) is 1. The first-order chi connectivity index (χ1) is 11.7. The summed E-state index contributed by atoms with van der Waals surface area (Å²) in [6.07, 6.45) is 2.66. The van der Waals surface area contributed by atoms with Gasteiger partial charge in [-0.15, -0.1) is 0 Å². The maximum atomic E-state index is 6.38. The van der Waals surface area contributed by atoms with Crippen molar-refractivity contribution in [3.05, 3.63) is 72.2 Å². The van der Waals surface area contributed by atoms with Crippen LogP contribution in [0.5, 0.6) is 5.75 Å². The Balaban J connectivity index is 1.80. The average molecular weight is 321 g/mol. The molecule has 4 heteroatoms. The minimum atomic E-state index is -0.131. The molecule has 0 radical (unpaired) electrons. The van der Waals surface area contributed by atoms with Crippen LogP contribution in [0.3, 0.4) is 0 Å². The van der Waals surface area contributed by atoms with E-state index >= 15 is 0 Å². The van der Waals surface area contributed by atoms with Crippen LogP contribution < -0.4 is 10.5 Å². The molecule has 0 aliphatic heterocycles. The molecule has 1 aromatic heterocycles. The molecule has 0 unspecified atom stereocenters. The standard InChI is InChI=1S/C20H23N3O/c1-3-24-17-11-9-16(10-12-17)19-14-22-20(23(19)2)18(21)13-15-7-5-4-6-8-15/h4-12,14,18H,3,13,21H2,1-2H3/t18-/m0/s1. The second-order valence-corrected chi connectivity index (χ2v) is 5.81. The third-order valence-corrected chi connectivity index (χ3v) is 4.12. The Morgan fingerprint density at radius 3 is 2.46 bits per heavy atom. The van der Waals surface area contributed by atoms with Gasteiger partial charge in [0, 0.05) is 12.6 Å². The van der Waals surface area contributed by atoms with Crippen LogP contribution >= 0.6 is 0 Å². The molecule has 3 aromatic rings. The fourth-order valence-corrected chi connectivity index (χ4v) is 2.88. The van der Waals surface area contributed by atoms with Crippen molar-refractivity contribution in [1.29, 1.82) is 0 Å². The average Bonchev–Trinajstić information content (AvgIpc) is 2.98. The molecule has 124 valence electrons. The number of imidazole rings is 1. The van der Waals surface area contributed by atoms with E-state index in [2.05, 4.69) is 33.8 Å². The fraction of sp³-hybridized carbons (Fsp3) is 0.250. The first-order valence-electron chi connectivity index (χ1n) is 8.23. The second kappa shape index (κ2) is 7.32. The molecule has 0 amide bonds. The van der Waals surface area contributed by atoms with Crippen LogP contribution in [0.1, 0.15) is 24.4 Å². The topological polar surface area (TPSA) is 53.1 Å². The number of rotatable bonds is 6. The van der Waals surface area contributed by atoms with Crippen molar-refractivity contribution in [3.8, 4) is 17.0 Å². The minimum Gasteiger partial charge on any atom is -0.494 e. The van der Waals surface area contributed by atoms with Crippen molar-refractivity contribution in [1.82, 2.24) is 9.55 Å². The molecule has 0 bridgehead atoms. The molecule has 24 heavy (non-hydrogen) atoms. The van der Waals surface area contributed by atoms with Crippen LogP contribution in [-0.2, 0) is 13.5 Å². The molecule has 0 aliphatic carbocycles. The van der Waals surface area contributed by atoms with Crippen LogP contribution in [0.15, 0.2) is 60.8 Å². The van der Waals surface area contributed by atoms with E-state index in [0.29, 0.717) is 6.61 Å². The van der Waals surface area contributed by atoms with E-state index in [1.807, 2.05) is 50.5 Å². The minimum absolute atomic E-state index is 0.131. The molecular weight excluding hydrogens is 298 g/mol. The maximum Gasteiger partial charge on any atom is 0.126 e. The van der Waals surface area contributed by atoms with Gasteiger partial charge < -0.3 is 15.0 Å². The molecule has 0 aliphatic rings. The molecule has 2 N–H and O–H groups in total. The van der Waals surface area contributed by atoms with Crippen LogP contribution in [-0.4, -0.2) is 16.2 Å². The highest BCUT2D eigenvalue weighted by atomic mass is 16.5. The SMILES string of the molecule is CCOc1ccc(-c2cnc([C@@H](N)Cc3ccccc3)n2C)cc1. The zero-order valence-corrected chi connectivity index (χ0v) is 14.1. The predicted octanol–water partition coefficient (Wildman–Crippen LogP) is 3.73. The summed E-state index contributed by atoms with van der Waals surface area (Å²) < 4.78 is 7.57. The Labute approximate surface area is 142 Å². The molecule has 3 rings (SSSR count). The Hall–Kier alpha value is -2.59. The van der Waals surface area contributed by atoms with Gasteiger partial charge in [0.05, 0.1) is 24.5 Å². The summed E-state index contributed by atoms with van der Waals surface area (Å²) in [5, 5.41) is 0. The van der Waals surface area contributed by atoms with Gasteiger partial charge in [-0.3, -0.25) is 0 Å². The van der Waals surface area contributed by atoms with Crippen LogP contribution in [0.2, 0.25) is 0 Å². The molecule has 0 saturated carbocycles. The van der Waals surface area contributed by atoms with E-state index in [1.54, 1.807) is 0 Å². The summed E-state index contributed by atoms with van der Waals surface area (Å²) in [4.78, 5) is 4.55. The Kier molecular flexibility index (Phi) is 4.96. The van der Waals surface area contributed by atoms with E-state index in [-0.39, 0.29) is 6.04 Å². The van der Waals surface area contributed by atoms with Crippen molar-refractivity contribution in [3.63, 3.8) is 0 Å². The Morgan fingerprint density at radius 2 is 1.79 bits per heavy atom. The fourth-order valence-electron chi connectivity index (χ4n) is 2.88. The third-order valence-electron chi connectivity index (χ3n) is 4.12. The number of ether oxygens (including phenoxy) is 1. The summed E-state index contributed by atoms with van der Waals surface area (Å²) in [5.74, 6) is 1.77. The first kappa shape index (κ1) is 16.3. The van der Waals surface area contributed by atoms with Crippen LogP contribution in [0, 0.1) is 0 Å². The predicted molar refractivity (Wildman–Crippen MR) is 96.9 cm³/mol. The van der Waals surface area contributed by atoms with Gasteiger partial charge in [-0.2, -0.15) is 0 Å². The van der Waals surface area contributed by atoms with Crippen molar-refractivity contribution < 1.29 is 4.74 Å². The largest absolute Gasteiger partial charge is 0.494 e. The number of aromatic nitrogens is 2. The Morgan fingerprint density at radius 1 is 1.08 bits per heavy atom. The lowest BCUT2D eigenvalue weighted by molar-refractivity contribution is 0.340. The van der Waals surface area contributed by atoms with E-state index in [0.717, 1.165) is 29.3 Å². The summed E-state index contributed by atoms with van der Waals surface area (Å²) >= 11 is 0. The lowest BCUT2D eigenvalue weighted by Gasteiger charge is -2.13. The highest BCUT2D eigenvalue weighted by Crippen LogP contribution is 2.25. The van der Waals surface area contributed by atoms with E-state index in [4.69, 9.17) is 10.5 Å². The van der Waals surface area contributed by atoms with Crippen molar-refractivity contribution in [2.24, 2.45) is 12.8 Å². The zero-order valence-electron chi connectivity index (χ0n) is 14.1. The molecule has 1 heterocycles. The summed E-state index contributed by atoms with van der Waals surface area (Å²) in [6, 6.07) is 18.2. The van der Waals surface area contributed by atoms with Gasteiger partial charge in [0.1, 0.15) is 11.6 Å². The van der Waals surface area contributed by atoms with E-state index < -0.39 is 0 Å². The quantitative estimate of drug-likeness (QED) is 0.752. The molecule has 0 saturated heterocycles. The van der Waals surface area contributed by atoms with Gasteiger partial charge in [-0.25, -0.2) is 4.98 Å². The van der Waals surface area contributed by atoms with E-state index in [1.165, 1.54) is 5.56 Å². The van der Waals surface area contributed by atoms with Crippen LogP contribution in [0.4, 0.5) is 0 Å². The molecule has 1 atom stereocenters. The number of hydrogen-bond acceptors (Lipinski definition) is 3. The number of nitrogens with zero attached hydrogens (tertiary/aromatic N) is 2. The van der Waals surface area contributed by atoms with Crippen molar-refractivity contribution in [2.75, 3.05) is 6.61 Å².